The van der Waals surface area contributed by atoms with E-state index < -0.39 is 10.8 Å². The highest BCUT2D eigenvalue weighted by atomic mass is 35.5. The first-order valence-electron chi connectivity index (χ1n) is 14.4. The summed E-state index contributed by atoms with van der Waals surface area (Å²) < 4.78 is 6.20. The number of hydrogen-bond donors (Lipinski definition) is 1. The van der Waals surface area contributed by atoms with Gasteiger partial charge in [0.2, 0.25) is 0 Å². The second kappa shape index (κ2) is 11.5. The van der Waals surface area contributed by atoms with Gasteiger partial charge in [-0.2, -0.15) is 5.26 Å². The van der Waals surface area contributed by atoms with E-state index in [1.807, 2.05) is 65.8 Å². The molecule has 0 saturated carbocycles. The molecule has 2 N–H and O–H groups in total. The lowest BCUT2D eigenvalue weighted by Crippen LogP contribution is -2.42. The number of rotatable bonds is 6. The molecule has 5 rings (SSSR count). The van der Waals surface area contributed by atoms with Crippen molar-refractivity contribution in [3.63, 3.8) is 0 Å². The average molecular weight is 611 g/mol. The van der Waals surface area contributed by atoms with Crippen molar-refractivity contribution in [2.45, 2.75) is 66.9 Å². The summed E-state index contributed by atoms with van der Waals surface area (Å²) in [5.74, 6) is 0.129. The van der Waals surface area contributed by atoms with Crippen LogP contribution < -0.4 is 15.4 Å². The minimum absolute atomic E-state index is 0.0647. The second-order valence-corrected chi connectivity index (χ2v) is 13.0. The number of ether oxygens (including phenoxy) is 1. The van der Waals surface area contributed by atoms with Gasteiger partial charge in [-0.25, -0.2) is 0 Å². The quantitative estimate of drug-likeness (QED) is 0.221. The fourth-order valence-electron chi connectivity index (χ4n) is 6.39. The van der Waals surface area contributed by atoms with Crippen LogP contribution in [0, 0.1) is 54.6 Å². The summed E-state index contributed by atoms with van der Waals surface area (Å²) in [7, 11) is 0. The number of allylic oxidation sites excluding steroid dienone is 3. The number of benzene rings is 3. The Labute approximate surface area is 262 Å². The van der Waals surface area contributed by atoms with Gasteiger partial charge < -0.3 is 10.5 Å². The molecule has 1 aliphatic carbocycles. The number of carbonyl (C=O) groups is 1. The van der Waals surface area contributed by atoms with E-state index in [4.69, 9.17) is 22.1 Å². The summed E-state index contributed by atoms with van der Waals surface area (Å²) in [4.78, 5) is 27.0. The number of nitro groups is 1. The van der Waals surface area contributed by atoms with Crippen molar-refractivity contribution >= 4 is 28.8 Å². The molecule has 44 heavy (non-hydrogen) atoms. The Kier molecular flexibility index (Phi) is 8.04. The van der Waals surface area contributed by atoms with Crippen LogP contribution in [0.5, 0.6) is 5.75 Å². The van der Waals surface area contributed by atoms with Gasteiger partial charge in [0.15, 0.2) is 5.78 Å². The molecular formula is C35H35ClN4O4. The number of anilines is 1. The maximum Gasteiger partial charge on any atom is 0.271 e. The summed E-state index contributed by atoms with van der Waals surface area (Å²) in [6, 6.07) is 16.4. The third kappa shape index (κ3) is 5.56. The number of nitriles is 1. The number of nitro benzene ring substituents is 1. The topological polar surface area (TPSA) is 122 Å². The summed E-state index contributed by atoms with van der Waals surface area (Å²) >= 11 is 6.13. The summed E-state index contributed by atoms with van der Waals surface area (Å²) in [6.45, 7) is 12.0. The SMILES string of the molecule is Cc1cc(COc2ccc(Cl)cc2C)c(C)c(C2C(C#N)=C(N)N(c3cc([N+](=O)[O-])ccc3C)C3=C2C(=O)CC(C)(C)C3)c1. The van der Waals surface area contributed by atoms with Crippen molar-refractivity contribution in [1.29, 1.82) is 5.26 Å². The third-order valence-electron chi connectivity index (χ3n) is 8.56. The minimum Gasteiger partial charge on any atom is -0.489 e. The number of hydrogen-bond acceptors (Lipinski definition) is 7. The molecule has 0 saturated heterocycles. The Hall–Kier alpha value is -4.61. The molecule has 0 spiro atoms. The molecule has 9 heteroatoms. The maximum atomic E-state index is 14.1. The zero-order valence-corrected chi connectivity index (χ0v) is 26.5. The van der Waals surface area contributed by atoms with Crippen molar-refractivity contribution in [1.82, 2.24) is 0 Å². The molecule has 0 fully saturated rings. The number of nitrogens with zero attached hydrogens (tertiary/aromatic N) is 3. The molecule has 0 amide bonds. The fourth-order valence-corrected chi connectivity index (χ4v) is 6.62. The Bertz CT molecular complexity index is 1830. The summed E-state index contributed by atoms with van der Waals surface area (Å²) in [5.41, 5.74) is 13.5. The van der Waals surface area contributed by atoms with Crippen LogP contribution in [0.3, 0.4) is 0 Å². The Morgan fingerprint density at radius 3 is 2.48 bits per heavy atom. The number of halogens is 1. The average Bonchev–Trinajstić information content (AvgIpc) is 2.93. The first-order chi connectivity index (χ1) is 20.7. The van der Waals surface area contributed by atoms with Gasteiger partial charge in [-0.15, -0.1) is 0 Å². The van der Waals surface area contributed by atoms with Gasteiger partial charge in [0.05, 0.1) is 28.2 Å². The lowest BCUT2D eigenvalue weighted by molar-refractivity contribution is -0.384. The number of ketones is 1. The van der Waals surface area contributed by atoms with Crippen molar-refractivity contribution in [3.05, 3.63) is 120 Å². The number of Topliss-reactive ketones (excluding diaryl/α,β-unsaturated/α-hetero) is 1. The van der Waals surface area contributed by atoms with Crippen molar-refractivity contribution < 1.29 is 14.5 Å². The van der Waals surface area contributed by atoms with E-state index in [1.54, 1.807) is 17.0 Å². The van der Waals surface area contributed by atoms with E-state index in [9.17, 15) is 20.2 Å². The minimum atomic E-state index is -0.690. The fraction of sp³-hybridized carbons (Fsp3) is 0.314. The van der Waals surface area contributed by atoms with Crippen LogP contribution in [-0.4, -0.2) is 10.7 Å². The lowest BCUT2D eigenvalue weighted by Gasteiger charge is -2.44. The normalized spacial score (nSPS) is 17.8. The number of carbonyl (C=O) groups excluding carboxylic acids is 1. The summed E-state index contributed by atoms with van der Waals surface area (Å²) in [5, 5.41) is 22.9. The molecule has 8 nitrogen and oxygen atoms in total. The van der Waals surface area contributed by atoms with Crippen LogP contribution in [0.1, 0.15) is 66.0 Å². The molecule has 3 aromatic rings. The van der Waals surface area contributed by atoms with Gasteiger partial charge in [0.1, 0.15) is 18.2 Å². The number of aryl methyl sites for hydroxylation is 3. The van der Waals surface area contributed by atoms with Crippen LogP contribution in [0.2, 0.25) is 5.02 Å². The largest absolute Gasteiger partial charge is 0.489 e. The highest BCUT2D eigenvalue weighted by molar-refractivity contribution is 6.30. The first kappa shape index (κ1) is 30.8. The highest BCUT2D eigenvalue weighted by Crippen LogP contribution is 2.51. The molecule has 0 bridgehead atoms. The van der Waals surface area contributed by atoms with Gasteiger partial charge in [-0.1, -0.05) is 49.2 Å². The predicted molar refractivity (Wildman–Crippen MR) is 171 cm³/mol. The first-order valence-corrected chi connectivity index (χ1v) is 14.8. The zero-order chi connectivity index (χ0) is 32.1. The van der Waals surface area contributed by atoms with E-state index in [2.05, 4.69) is 6.07 Å². The Morgan fingerprint density at radius 1 is 1.09 bits per heavy atom. The lowest BCUT2D eigenvalue weighted by atomic mass is 9.67. The number of non-ortho nitro benzene ring substituents is 1. The van der Waals surface area contributed by atoms with Crippen LogP contribution in [0.4, 0.5) is 11.4 Å². The van der Waals surface area contributed by atoms with Gasteiger partial charge >= 0.3 is 0 Å². The highest BCUT2D eigenvalue weighted by Gasteiger charge is 2.45. The van der Waals surface area contributed by atoms with Crippen molar-refractivity contribution in [2.24, 2.45) is 11.1 Å². The van der Waals surface area contributed by atoms with Gasteiger partial charge in [0.25, 0.3) is 5.69 Å². The van der Waals surface area contributed by atoms with E-state index >= 15 is 0 Å². The molecule has 1 aliphatic heterocycles. The van der Waals surface area contributed by atoms with Gasteiger partial charge in [0, 0.05) is 34.8 Å². The predicted octanol–water partition coefficient (Wildman–Crippen LogP) is 8.00. The third-order valence-corrected chi connectivity index (χ3v) is 8.79. The smallest absolute Gasteiger partial charge is 0.271 e. The molecule has 1 atom stereocenters. The Balaban J connectivity index is 1.70. The van der Waals surface area contributed by atoms with Crippen molar-refractivity contribution in [3.8, 4) is 11.8 Å². The van der Waals surface area contributed by atoms with E-state index in [0.717, 1.165) is 33.4 Å². The second-order valence-electron chi connectivity index (χ2n) is 12.5. The standard InChI is InChI=1S/C35H35ClN4O4/c1-19-11-23(18-44-31-10-8-24(36)13-21(31)3)22(4)26(12-19)32-27(17-37)34(38)39(28-14-25(40(42)43)9-7-20(28)2)29-15-35(5,6)16-30(41)33(29)32/h7-14,32H,15-16,18,38H2,1-6H3. The van der Waals surface area contributed by atoms with Crippen molar-refractivity contribution in [2.75, 3.05) is 4.90 Å². The molecule has 0 aromatic heterocycles. The van der Waals surface area contributed by atoms with Crippen LogP contribution in [0.25, 0.3) is 0 Å². The Morgan fingerprint density at radius 2 is 1.82 bits per heavy atom. The van der Waals surface area contributed by atoms with E-state index in [1.165, 1.54) is 12.1 Å². The van der Waals surface area contributed by atoms with Crippen LogP contribution >= 0.6 is 11.6 Å². The van der Waals surface area contributed by atoms with E-state index in [0.29, 0.717) is 40.6 Å². The van der Waals surface area contributed by atoms with Gasteiger partial charge in [-0.05, 0) is 85.5 Å². The maximum absolute atomic E-state index is 14.1. The molecule has 3 aromatic carbocycles. The zero-order valence-electron chi connectivity index (χ0n) is 25.7. The molecule has 2 aliphatic rings. The van der Waals surface area contributed by atoms with E-state index in [-0.39, 0.29) is 34.9 Å². The molecule has 1 heterocycles. The van der Waals surface area contributed by atoms with Crippen LogP contribution in [-0.2, 0) is 11.4 Å². The summed E-state index contributed by atoms with van der Waals surface area (Å²) in [6.07, 6.45) is 0.808. The monoisotopic (exact) mass is 610 g/mol. The molecule has 1 unspecified atom stereocenters. The molecule has 226 valence electrons. The van der Waals surface area contributed by atoms with Crippen LogP contribution in [0.15, 0.2) is 71.2 Å². The number of nitrogens with two attached hydrogens (primary N) is 1. The van der Waals surface area contributed by atoms with Gasteiger partial charge in [-0.3, -0.25) is 19.8 Å². The molecular weight excluding hydrogens is 576 g/mol. The molecule has 0 radical (unpaired) electrons.